The number of nitrogens with zero attached hydrogens (tertiary/aromatic N) is 1. The number of likely N-dealkylation sites (N-methyl/N-ethyl adjacent to an activating group) is 1. The van der Waals surface area contributed by atoms with Crippen LogP contribution in [0.25, 0.3) is 11.1 Å². The van der Waals surface area contributed by atoms with E-state index >= 15 is 0 Å². The van der Waals surface area contributed by atoms with Gasteiger partial charge in [0.25, 0.3) is 5.91 Å². The number of carbonyl (C=O) groups excluding carboxylic acids is 1. The van der Waals surface area contributed by atoms with E-state index in [0.29, 0.717) is 13.1 Å². The molecule has 2 aromatic carbocycles. The number of hydrogen-bond donors (Lipinski definition) is 1. The highest BCUT2D eigenvalue weighted by atomic mass is 19.1. The molecular weight excluding hydrogens is 267 g/mol. The zero-order valence-corrected chi connectivity index (χ0v) is 12.3. The Bertz CT molecular complexity index is 611. The van der Waals surface area contributed by atoms with Crippen molar-refractivity contribution in [1.29, 1.82) is 0 Å². The van der Waals surface area contributed by atoms with Crippen LogP contribution < -0.4 is 5.32 Å². The Balaban J connectivity index is 2.18. The first-order chi connectivity index (χ1) is 10.1. The molecule has 1 N–H and O–H groups in total. The lowest BCUT2D eigenvalue weighted by Crippen LogP contribution is -2.31. The van der Waals surface area contributed by atoms with Crippen LogP contribution in [0.15, 0.2) is 48.5 Å². The summed E-state index contributed by atoms with van der Waals surface area (Å²) in [5.74, 6) is -0.885. The number of benzene rings is 2. The quantitative estimate of drug-likeness (QED) is 0.916. The van der Waals surface area contributed by atoms with Gasteiger partial charge in [-0.05, 0) is 37.4 Å². The Morgan fingerprint density at radius 3 is 2.48 bits per heavy atom. The molecule has 0 unspecified atom stereocenters. The molecular formula is C17H19FN2O. The van der Waals surface area contributed by atoms with Crippen molar-refractivity contribution in [2.75, 3.05) is 27.2 Å². The monoisotopic (exact) mass is 286 g/mol. The Morgan fingerprint density at radius 1 is 1.10 bits per heavy atom. The van der Waals surface area contributed by atoms with Crippen LogP contribution in [-0.4, -0.2) is 38.0 Å². The molecule has 4 heteroatoms. The summed E-state index contributed by atoms with van der Waals surface area (Å²) in [6, 6.07) is 14.2. The van der Waals surface area contributed by atoms with Crippen molar-refractivity contribution in [3.05, 3.63) is 59.9 Å². The SMILES string of the molecule is CN(C)CCNC(=O)c1cc(-c2ccccc2)ccc1F. The van der Waals surface area contributed by atoms with E-state index in [0.717, 1.165) is 11.1 Å². The van der Waals surface area contributed by atoms with Gasteiger partial charge in [0.2, 0.25) is 0 Å². The van der Waals surface area contributed by atoms with Crippen LogP contribution in [-0.2, 0) is 0 Å². The van der Waals surface area contributed by atoms with Gasteiger partial charge in [-0.25, -0.2) is 4.39 Å². The minimum absolute atomic E-state index is 0.0788. The summed E-state index contributed by atoms with van der Waals surface area (Å²) in [4.78, 5) is 14.0. The minimum Gasteiger partial charge on any atom is -0.351 e. The normalized spacial score (nSPS) is 10.7. The molecule has 0 saturated carbocycles. The molecule has 2 rings (SSSR count). The highest BCUT2D eigenvalue weighted by molar-refractivity contribution is 5.95. The van der Waals surface area contributed by atoms with Crippen LogP contribution in [0.4, 0.5) is 4.39 Å². The molecule has 0 bridgehead atoms. The van der Waals surface area contributed by atoms with E-state index in [2.05, 4.69) is 5.32 Å². The molecule has 0 radical (unpaired) electrons. The molecule has 0 aliphatic carbocycles. The number of carbonyl (C=O) groups is 1. The van der Waals surface area contributed by atoms with E-state index in [1.807, 2.05) is 49.3 Å². The fraction of sp³-hybridized carbons (Fsp3) is 0.235. The average Bonchev–Trinajstić information content (AvgIpc) is 2.48. The number of halogens is 1. The smallest absolute Gasteiger partial charge is 0.254 e. The maximum atomic E-state index is 13.9. The van der Waals surface area contributed by atoms with Gasteiger partial charge in [0.05, 0.1) is 5.56 Å². The summed E-state index contributed by atoms with van der Waals surface area (Å²) in [5, 5.41) is 2.73. The van der Waals surface area contributed by atoms with Gasteiger partial charge in [-0.15, -0.1) is 0 Å². The first kappa shape index (κ1) is 15.2. The summed E-state index contributed by atoms with van der Waals surface area (Å²) in [6.45, 7) is 1.20. The van der Waals surface area contributed by atoms with Gasteiger partial charge >= 0.3 is 0 Å². The standard InChI is InChI=1S/C17H19FN2O/c1-20(2)11-10-19-17(21)15-12-14(8-9-16(15)18)13-6-4-3-5-7-13/h3-9,12H,10-11H2,1-2H3,(H,19,21). The van der Waals surface area contributed by atoms with Crippen molar-refractivity contribution < 1.29 is 9.18 Å². The lowest BCUT2D eigenvalue weighted by atomic mass is 10.0. The number of amides is 1. The van der Waals surface area contributed by atoms with Gasteiger partial charge in [-0.3, -0.25) is 4.79 Å². The Labute approximate surface area is 124 Å². The van der Waals surface area contributed by atoms with Gasteiger partial charge in [-0.1, -0.05) is 36.4 Å². The summed E-state index contributed by atoms with van der Waals surface area (Å²) >= 11 is 0. The molecule has 0 saturated heterocycles. The summed E-state index contributed by atoms with van der Waals surface area (Å²) < 4.78 is 13.9. The van der Waals surface area contributed by atoms with Gasteiger partial charge in [0, 0.05) is 13.1 Å². The van der Waals surface area contributed by atoms with E-state index in [1.165, 1.54) is 6.07 Å². The van der Waals surface area contributed by atoms with Crippen molar-refractivity contribution >= 4 is 5.91 Å². The van der Waals surface area contributed by atoms with Crippen molar-refractivity contribution in [3.8, 4) is 11.1 Å². The molecule has 1 amide bonds. The number of nitrogens with one attached hydrogen (secondary N) is 1. The second kappa shape index (κ2) is 6.99. The molecule has 2 aromatic rings. The van der Waals surface area contributed by atoms with Crippen molar-refractivity contribution in [2.45, 2.75) is 0 Å². The lowest BCUT2D eigenvalue weighted by Gasteiger charge is -2.11. The van der Waals surface area contributed by atoms with Gasteiger partial charge in [-0.2, -0.15) is 0 Å². The lowest BCUT2D eigenvalue weighted by molar-refractivity contribution is 0.0947. The fourth-order valence-corrected chi connectivity index (χ4v) is 2.00. The predicted molar refractivity (Wildman–Crippen MR) is 82.7 cm³/mol. The molecule has 0 aliphatic rings. The van der Waals surface area contributed by atoms with Gasteiger partial charge in [0.1, 0.15) is 5.82 Å². The van der Waals surface area contributed by atoms with Crippen molar-refractivity contribution in [3.63, 3.8) is 0 Å². The molecule has 3 nitrogen and oxygen atoms in total. The van der Waals surface area contributed by atoms with Crippen molar-refractivity contribution in [1.82, 2.24) is 10.2 Å². The fourth-order valence-electron chi connectivity index (χ4n) is 2.00. The van der Waals surface area contributed by atoms with Crippen molar-refractivity contribution in [2.24, 2.45) is 0 Å². The average molecular weight is 286 g/mol. The topological polar surface area (TPSA) is 32.3 Å². The van der Waals surface area contributed by atoms with Crippen LogP contribution in [0.1, 0.15) is 10.4 Å². The van der Waals surface area contributed by atoms with E-state index in [-0.39, 0.29) is 11.5 Å². The van der Waals surface area contributed by atoms with Crippen LogP contribution >= 0.6 is 0 Å². The zero-order chi connectivity index (χ0) is 15.2. The van der Waals surface area contributed by atoms with Crippen LogP contribution in [0.5, 0.6) is 0 Å². The Hall–Kier alpha value is -2.20. The van der Waals surface area contributed by atoms with Gasteiger partial charge < -0.3 is 10.2 Å². The van der Waals surface area contributed by atoms with E-state index in [9.17, 15) is 9.18 Å². The van der Waals surface area contributed by atoms with E-state index in [1.54, 1.807) is 12.1 Å². The molecule has 0 aliphatic heterocycles. The largest absolute Gasteiger partial charge is 0.351 e. The summed E-state index contributed by atoms with van der Waals surface area (Å²) in [7, 11) is 3.84. The van der Waals surface area contributed by atoms with Gasteiger partial charge in [0.15, 0.2) is 0 Å². The Kier molecular flexibility index (Phi) is 5.06. The highest BCUT2D eigenvalue weighted by Crippen LogP contribution is 2.21. The van der Waals surface area contributed by atoms with Crippen LogP contribution in [0.3, 0.4) is 0 Å². The second-order valence-corrected chi connectivity index (χ2v) is 5.12. The second-order valence-electron chi connectivity index (χ2n) is 5.12. The number of hydrogen-bond acceptors (Lipinski definition) is 2. The molecule has 110 valence electrons. The molecule has 21 heavy (non-hydrogen) atoms. The third-order valence-electron chi connectivity index (χ3n) is 3.16. The molecule has 0 heterocycles. The minimum atomic E-state index is -0.503. The first-order valence-corrected chi connectivity index (χ1v) is 6.86. The third kappa shape index (κ3) is 4.13. The first-order valence-electron chi connectivity index (χ1n) is 6.86. The Morgan fingerprint density at radius 2 is 1.81 bits per heavy atom. The maximum Gasteiger partial charge on any atom is 0.254 e. The van der Waals surface area contributed by atoms with Crippen LogP contribution in [0.2, 0.25) is 0 Å². The highest BCUT2D eigenvalue weighted by Gasteiger charge is 2.12. The maximum absolute atomic E-state index is 13.9. The predicted octanol–water partition coefficient (Wildman–Crippen LogP) is 2.78. The third-order valence-corrected chi connectivity index (χ3v) is 3.16. The van der Waals surface area contributed by atoms with E-state index < -0.39 is 5.82 Å². The molecule has 0 aromatic heterocycles. The molecule has 0 spiro atoms. The van der Waals surface area contributed by atoms with E-state index in [4.69, 9.17) is 0 Å². The summed E-state index contributed by atoms with van der Waals surface area (Å²) in [6.07, 6.45) is 0. The molecule has 0 fully saturated rings. The molecule has 0 atom stereocenters. The zero-order valence-electron chi connectivity index (χ0n) is 12.3. The summed E-state index contributed by atoms with van der Waals surface area (Å²) in [5.41, 5.74) is 1.87. The van der Waals surface area contributed by atoms with Crippen LogP contribution in [0, 0.1) is 5.82 Å². The number of rotatable bonds is 5.